The van der Waals surface area contributed by atoms with Gasteiger partial charge in [0, 0.05) is 46.9 Å². The van der Waals surface area contributed by atoms with Gasteiger partial charge in [0.25, 0.3) is 0 Å². The summed E-state index contributed by atoms with van der Waals surface area (Å²) >= 11 is 0. The zero-order chi connectivity index (χ0) is 27.1. The lowest BCUT2D eigenvalue weighted by molar-refractivity contribution is -0.0494. The van der Waals surface area contributed by atoms with Crippen LogP contribution in [0.2, 0.25) is 0 Å². The van der Waals surface area contributed by atoms with E-state index in [1.165, 1.54) is 7.11 Å². The van der Waals surface area contributed by atoms with Crippen molar-refractivity contribution < 1.29 is 27.8 Å². The Morgan fingerprint density at radius 1 is 1.13 bits per heavy atom. The molecule has 2 aromatic heterocycles. The van der Waals surface area contributed by atoms with Crippen molar-refractivity contribution in [2.45, 2.75) is 82.8 Å². The number of rotatable bonds is 9. The highest BCUT2D eigenvalue weighted by Gasteiger charge is 2.42. The molecule has 0 spiro atoms. The monoisotopic (exact) mass is 537 g/mol. The summed E-state index contributed by atoms with van der Waals surface area (Å²) in [5, 5.41) is 0. The van der Waals surface area contributed by atoms with E-state index in [4.69, 9.17) is 14.2 Å². The number of anilines is 1. The smallest absolute Gasteiger partial charge is 0.387 e. The normalized spacial score (nSPS) is 22.4. The molecule has 2 aliphatic heterocycles. The molecule has 3 fully saturated rings. The average Bonchev–Trinajstić information content (AvgIpc) is 3.63. The Morgan fingerprint density at radius 3 is 2.54 bits per heavy atom. The molecule has 1 saturated carbocycles. The average molecular weight is 538 g/mol. The van der Waals surface area contributed by atoms with Gasteiger partial charge in [0.1, 0.15) is 11.6 Å². The number of benzene rings is 1. The second kappa shape index (κ2) is 10.6. The Morgan fingerprint density at radius 2 is 1.87 bits per heavy atom. The number of esters is 1. The number of carbonyl (C=O) groups is 1. The molecule has 3 aliphatic rings. The van der Waals surface area contributed by atoms with Crippen LogP contribution in [0.25, 0.3) is 11.1 Å². The van der Waals surface area contributed by atoms with E-state index in [9.17, 15) is 13.6 Å². The maximum absolute atomic E-state index is 13.1. The summed E-state index contributed by atoms with van der Waals surface area (Å²) in [5.74, 6) is 1.17. The lowest BCUT2D eigenvalue weighted by Crippen LogP contribution is -2.46. The Hall–Kier alpha value is -3.46. The molecule has 7 nitrogen and oxygen atoms in total. The Balaban J connectivity index is 1.19. The fourth-order valence-electron chi connectivity index (χ4n) is 6.37. The minimum Gasteiger partial charge on any atom is -0.465 e. The van der Waals surface area contributed by atoms with Crippen molar-refractivity contribution in [2.75, 3.05) is 12.0 Å². The van der Waals surface area contributed by atoms with E-state index in [-0.39, 0.29) is 17.8 Å². The molecule has 0 amide bonds. The van der Waals surface area contributed by atoms with Crippen LogP contribution in [-0.4, -0.2) is 47.8 Å². The molecule has 206 valence electrons. The number of carbonyl (C=O) groups excluding carboxylic acids is 1. The van der Waals surface area contributed by atoms with Gasteiger partial charge in [-0.25, -0.2) is 9.78 Å². The SMILES string of the molecule is COC(=O)c1cnc(N2C3CCC2CC(OCc2c(-c4ccccc4OC(F)F)c[nH]c2C2CC2)C3)c(C)c1. The number of aromatic amines is 1. The van der Waals surface area contributed by atoms with Gasteiger partial charge in [-0.15, -0.1) is 0 Å². The number of ether oxygens (including phenoxy) is 3. The largest absolute Gasteiger partial charge is 0.465 e. The number of aromatic nitrogens is 2. The number of nitrogens with one attached hydrogen (secondary N) is 1. The van der Waals surface area contributed by atoms with Crippen LogP contribution in [0.4, 0.5) is 14.6 Å². The maximum atomic E-state index is 13.1. The van der Waals surface area contributed by atoms with E-state index in [2.05, 4.69) is 14.9 Å². The number of para-hydroxylation sites is 1. The number of aryl methyl sites for hydroxylation is 1. The van der Waals surface area contributed by atoms with Crippen molar-refractivity contribution in [3.63, 3.8) is 0 Å². The van der Waals surface area contributed by atoms with Gasteiger partial charge in [0.15, 0.2) is 0 Å². The van der Waals surface area contributed by atoms with E-state index in [0.29, 0.717) is 35.7 Å². The number of H-pyrrole nitrogens is 1. The first-order chi connectivity index (χ1) is 18.9. The number of alkyl halides is 2. The second-order valence-electron chi connectivity index (χ2n) is 10.8. The number of nitrogens with zero attached hydrogens (tertiary/aromatic N) is 2. The molecule has 2 unspecified atom stereocenters. The molecule has 4 heterocycles. The van der Waals surface area contributed by atoms with E-state index < -0.39 is 6.61 Å². The fraction of sp³-hybridized carbons (Fsp3) is 0.467. The second-order valence-corrected chi connectivity index (χ2v) is 10.8. The van der Waals surface area contributed by atoms with Gasteiger partial charge in [0.2, 0.25) is 0 Å². The lowest BCUT2D eigenvalue weighted by Gasteiger charge is -2.40. The first kappa shape index (κ1) is 25.8. The minimum absolute atomic E-state index is 0.0933. The number of pyridine rings is 1. The predicted molar refractivity (Wildman–Crippen MR) is 142 cm³/mol. The van der Waals surface area contributed by atoms with Crippen LogP contribution in [0, 0.1) is 6.92 Å². The van der Waals surface area contributed by atoms with Crippen molar-refractivity contribution in [2.24, 2.45) is 0 Å². The summed E-state index contributed by atoms with van der Waals surface area (Å²) < 4.78 is 42.4. The van der Waals surface area contributed by atoms with Crippen LogP contribution in [0.3, 0.4) is 0 Å². The number of hydrogen-bond donors (Lipinski definition) is 1. The zero-order valence-electron chi connectivity index (χ0n) is 22.2. The van der Waals surface area contributed by atoms with Crippen LogP contribution in [0.1, 0.15) is 71.6 Å². The third kappa shape index (κ3) is 5.12. The quantitative estimate of drug-likeness (QED) is 0.320. The van der Waals surface area contributed by atoms with Gasteiger partial charge >= 0.3 is 12.6 Å². The first-order valence-electron chi connectivity index (χ1n) is 13.6. The summed E-state index contributed by atoms with van der Waals surface area (Å²) in [6.07, 6.45) is 9.75. The topological polar surface area (TPSA) is 76.7 Å². The molecule has 9 heteroatoms. The van der Waals surface area contributed by atoms with Gasteiger partial charge in [-0.2, -0.15) is 8.78 Å². The van der Waals surface area contributed by atoms with Crippen molar-refractivity contribution in [1.82, 2.24) is 9.97 Å². The third-order valence-electron chi connectivity index (χ3n) is 8.27. The van der Waals surface area contributed by atoms with E-state index in [1.807, 2.05) is 31.3 Å². The molecule has 2 bridgehead atoms. The number of hydrogen-bond acceptors (Lipinski definition) is 6. The minimum atomic E-state index is -2.89. The molecule has 2 atom stereocenters. The van der Waals surface area contributed by atoms with Gasteiger partial charge in [-0.1, -0.05) is 18.2 Å². The van der Waals surface area contributed by atoms with Gasteiger partial charge in [0.05, 0.1) is 25.4 Å². The van der Waals surface area contributed by atoms with Crippen LogP contribution in [-0.2, 0) is 16.1 Å². The summed E-state index contributed by atoms with van der Waals surface area (Å²) in [4.78, 5) is 22.4. The molecule has 1 aliphatic carbocycles. The molecule has 2 saturated heterocycles. The number of fused-ring (bicyclic) bond motifs is 2. The molecular weight excluding hydrogens is 504 g/mol. The number of piperidine rings is 1. The molecular formula is C30H33F2N3O4. The third-order valence-corrected chi connectivity index (χ3v) is 8.27. The number of methoxy groups -OCH3 is 1. The predicted octanol–water partition coefficient (Wildman–Crippen LogP) is 6.37. The van der Waals surface area contributed by atoms with Crippen LogP contribution in [0.5, 0.6) is 5.75 Å². The molecule has 39 heavy (non-hydrogen) atoms. The Labute approximate surface area is 226 Å². The zero-order valence-corrected chi connectivity index (χ0v) is 22.2. The standard InChI is InChI=1S/C30H33F2N3O4/c1-17-11-19(29(36)37-2)14-34-28(17)35-20-9-10-21(35)13-22(12-20)38-16-25-24(15-33-27(25)18-7-8-18)23-5-3-4-6-26(23)39-30(31)32/h3-6,11,14-15,18,20-22,30,33H,7-10,12-13,16H2,1-2H3. The van der Waals surface area contributed by atoms with Gasteiger partial charge in [-0.05, 0) is 69.1 Å². The fourth-order valence-corrected chi connectivity index (χ4v) is 6.37. The Kier molecular flexibility index (Phi) is 7.01. The van der Waals surface area contributed by atoms with Crippen molar-refractivity contribution >= 4 is 11.8 Å². The molecule has 0 radical (unpaired) electrons. The Bertz CT molecular complexity index is 1340. The molecule has 1 aromatic carbocycles. The van der Waals surface area contributed by atoms with E-state index >= 15 is 0 Å². The highest BCUT2D eigenvalue weighted by atomic mass is 19.3. The van der Waals surface area contributed by atoms with Gasteiger partial charge < -0.3 is 24.1 Å². The van der Waals surface area contributed by atoms with Gasteiger partial charge in [-0.3, -0.25) is 0 Å². The lowest BCUT2D eigenvalue weighted by atomic mass is 9.98. The van der Waals surface area contributed by atoms with Crippen molar-refractivity contribution in [1.29, 1.82) is 0 Å². The van der Waals surface area contributed by atoms with Crippen LogP contribution in [0.15, 0.2) is 42.7 Å². The molecule has 1 N–H and O–H groups in total. The molecule has 3 aromatic rings. The van der Waals surface area contributed by atoms with Crippen LogP contribution < -0.4 is 9.64 Å². The summed E-state index contributed by atoms with van der Waals surface area (Å²) in [5.41, 5.74) is 5.10. The maximum Gasteiger partial charge on any atom is 0.387 e. The number of halogens is 2. The highest BCUT2D eigenvalue weighted by Crippen LogP contribution is 2.46. The highest BCUT2D eigenvalue weighted by molar-refractivity contribution is 5.89. The van der Waals surface area contributed by atoms with Crippen LogP contribution >= 0.6 is 0 Å². The van der Waals surface area contributed by atoms with E-state index in [1.54, 1.807) is 18.3 Å². The summed E-state index contributed by atoms with van der Waals surface area (Å²) in [6, 6.07) is 9.42. The van der Waals surface area contributed by atoms with E-state index in [0.717, 1.165) is 66.7 Å². The van der Waals surface area contributed by atoms with Crippen molar-refractivity contribution in [3.05, 3.63) is 65.1 Å². The summed E-state index contributed by atoms with van der Waals surface area (Å²) in [7, 11) is 1.37. The van der Waals surface area contributed by atoms with Crippen molar-refractivity contribution in [3.8, 4) is 16.9 Å². The molecule has 6 rings (SSSR count). The first-order valence-corrected chi connectivity index (χ1v) is 13.6. The summed E-state index contributed by atoms with van der Waals surface area (Å²) in [6.45, 7) is -0.481.